The molecule has 7 aromatic carbocycles. The zero-order chi connectivity index (χ0) is 65.2. The summed E-state index contributed by atoms with van der Waals surface area (Å²) in [4.78, 5) is 40.7. The van der Waals surface area contributed by atoms with Crippen LogP contribution in [0.3, 0.4) is 0 Å². The Hall–Kier alpha value is -12.1. The van der Waals surface area contributed by atoms with Gasteiger partial charge in [0.15, 0.2) is 17.5 Å². The van der Waals surface area contributed by atoms with Crippen LogP contribution in [0, 0.1) is 34.0 Å². The molecule has 13 rings (SSSR count). The fourth-order valence-corrected chi connectivity index (χ4v) is 10.3. The highest BCUT2D eigenvalue weighted by atomic mass is 35.5. The molecule has 23 heteroatoms. The minimum atomic E-state index is -4.40. The second kappa shape index (κ2) is 30.1. The quantitative estimate of drug-likeness (QED) is 0.0436. The van der Waals surface area contributed by atoms with Gasteiger partial charge in [0.2, 0.25) is 0 Å². The Kier molecular flexibility index (Phi) is 20.4. The highest BCUT2D eigenvalue weighted by Crippen LogP contribution is 2.34. The second-order valence-electron chi connectivity index (χ2n) is 20.7. The number of rotatable bonds is 18. The molecule has 18 nitrogen and oxygen atoms in total. The Morgan fingerprint density at radius 2 is 0.734 bits per heavy atom. The lowest BCUT2D eigenvalue weighted by Gasteiger charge is -2.13. The molecular formula is C71H53Cl2F3N18. The van der Waals surface area contributed by atoms with Gasteiger partial charge in [-0.3, -0.25) is 0 Å². The predicted octanol–water partition coefficient (Wildman–Crippen LogP) is 15.7. The van der Waals surface area contributed by atoms with E-state index in [0.717, 1.165) is 78.7 Å². The average molecular weight is 1290 g/mol. The minimum absolute atomic E-state index is 0.335. The van der Waals surface area contributed by atoms with Gasteiger partial charge in [-0.05, 0) is 114 Å². The number of alkyl halides is 3. The third-order valence-corrected chi connectivity index (χ3v) is 14.7. The van der Waals surface area contributed by atoms with Crippen LogP contribution in [-0.4, -0.2) is 84.1 Å². The van der Waals surface area contributed by atoms with Crippen molar-refractivity contribution in [1.82, 2.24) is 44.9 Å². The molecule has 0 amide bonds. The first-order chi connectivity index (χ1) is 45.9. The van der Waals surface area contributed by atoms with Crippen LogP contribution in [0.15, 0.2) is 213 Å². The van der Waals surface area contributed by atoms with Crippen molar-refractivity contribution < 1.29 is 13.2 Å². The number of halogens is 5. The maximum absolute atomic E-state index is 12.9. The summed E-state index contributed by atoms with van der Waals surface area (Å²) in [5.41, 5.74) is 5.49. The van der Waals surface area contributed by atoms with E-state index in [1.165, 1.54) is 24.5 Å². The summed E-state index contributed by atoms with van der Waals surface area (Å²) in [6.45, 7) is 3.58. The van der Waals surface area contributed by atoms with Crippen molar-refractivity contribution in [3.05, 3.63) is 245 Å². The second-order valence-corrected chi connectivity index (χ2v) is 21.6. The summed E-state index contributed by atoms with van der Waals surface area (Å²) in [5, 5.41) is 52.3. The molecular weight excluding hydrogens is 1230 g/mol. The van der Waals surface area contributed by atoms with Crippen molar-refractivity contribution >= 4 is 102 Å². The van der Waals surface area contributed by atoms with Crippen molar-refractivity contribution in [3.8, 4) is 52.4 Å². The first-order valence-corrected chi connectivity index (χ1v) is 30.1. The Morgan fingerprint density at radius 3 is 1.15 bits per heavy atom. The van der Waals surface area contributed by atoms with E-state index in [1.807, 2.05) is 97.1 Å². The highest BCUT2D eigenvalue weighted by molar-refractivity contribution is 6.35. The molecule has 0 atom stereocenters. The standard InChI is InChI=1S/C26H20N6.C23H17F3N6.C22H16Cl2N6/c27-16-18-12-13-24(30-17-18)28-14-15-29-25-22-9-3-4-11-23(22)31-26(32-25)21-10-5-7-19-6-1-2-8-20(19)21;24-23(25,26)17-8-6-16(7-9-17)21-31-19-4-2-1-3-18(19)22(32-21)29-12-11-28-20-10-5-15(13-27)14-30-20;23-16-9-15(10-17(24)11-16)21-29-19-4-2-1-3-18(19)22(30-21)27-8-7-26-20-6-5-14(12-25)13-28-20/h1-13,17H,14-15H2,(H,28,30)(H,29,31,32);1-10,14H,11-12H2,(H,28,30)(H,29,31,32);1-6,9-11,13H,7-8H2,(H,26,28)(H,27,29,30). The van der Waals surface area contributed by atoms with Crippen LogP contribution in [0.4, 0.5) is 48.1 Å². The highest BCUT2D eigenvalue weighted by Gasteiger charge is 2.30. The van der Waals surface area contributed by atoms with E-state index in [1.54, 1.807) is 60.8 Å². The van der Waals surface area contributed by atoms with Crippen molar-refractivity contribution in [2.45, 2.75) is 6.18 Å². The fraction of sp³-hybridized carbons (Fsp3) is 0.0986. The van der Waals surface area contributed by atoms with Gasteiger partial charge in [0.1, 0.15) is 53.1 Å². The molecule has 0 bridgehead atoms. The third-order valence-electron chi connectivity index (χ3n) is 14.3. The number of fused-ring (bicyclic) bond motifs is 4. The van der Waals surface area contributed by atoms with Gasteiger partial charge >= 0.3 is 6.18 Å². The molecule has 6 heterocycles. The van der Waals surface area contributed by atoms with Gasteiger partial charge in [-0.1, -0.05) is 114 Å². The number of anilines is 6. The van der Waals surface area contributed by atoms with Crippen LogP contribution >= 0.6 is 23.2 Å². The predicted molar refractivity (Wildman–Crippen MR) is 365 cm³/mol. The lowest BCUT2D eigenvalue weighted by Crippen LogP contribution is -2.15. The van der Waals surface area contributed by atoms with Gasteiger partial charge in [-0.25, -0.2) is 44.9 Å². The zero-order valence-electron chi connectivity index (χ0n) is 49.7. The van der Waals surface area contributed by atoms with Crippen LogP contribution in [-0.2, 0) is 6.18 Å². The lowest BCUT2D eigenvalue weighted by atomic mass is 10.0. The van der Waals surface area contributed by atoms with Gasteiger partial charge < -0.3 is 31.9 Å². The third kappa shape index (κ3) is 16.3. The van der Waals surface area contributed by atoms with Gasteiger partial charge in [0, 0.05) is 101 Å². The van der Waals surface area contributed by atoms with Gasteiger partial charge in [0.25, 0.3) is 0 Å². The van der Waals surface area contributed by atoms with Crippen molar-refractivity contribution in [1.29, 1.82) is 15.8 Å². The fourth-order valence-electron chi connectivity index (χ4n) is 9.73. The van der Waals surface area contributed by atoms with E-state index < -0.39 is 11.7 Å². The molecule has 0 unspecified atom stereocenters. The zero-order valence-corrected chi connectivity index (χ0v) is 51.2. The van der Waals surface area contributed by atoms with Gasteiger partial charge in [0.05, 0.1) is 38.8 Å². The monoisotopic (exact) mass is 1280 g/mol. The van der Waals surface area contributed by atoms with Crippen LogP contribution in [0.1, 0.15) is 22.3 Å². The van der Waals surface area contributed by atoms with Crippen LogP contribution < -0.4 is 31.9 Å². The summed E-state index contributed by atoms with van der Waals surface area (Å²) < 4.78 is 38.6. The largest absolute Gasteiger partial charge is 0.416 e. The number of para-hydroxylation sites is 3. The smallest absolute Gasteiger partial charge is 0.368 e. The minimum Gasteiger partial charge on any atom is -0.368 e. The van der Waals surface area contributed by atoms with E-state index in [2.05, 4.69) is 98.2 Å². The Morgan fingerprint density at radius 1 is 0.362 bits per heavy atom. The van der Waals surface area contributed by atoms with E-state index in [0.29, 0.717) is 112 Å². The summed E-state index contributed by atoms with van der Waals surface area (Å²) in [6, 6.07) is 64.4. The molecule has 6 N–H and O–H groups in total. The summed E-state index contributed by atoms with van der Waals surface area (Å²) >= 11 is 12.3. The number of pyridine rings is 3. The van der Waals surface area contributed by atoms with Crippen molar-refractivity contribution in [3.63, 3.8) is 0 Å². The first-order valence-electron chi connectivity index (χ1n) is 29.3. The van der Waals surface area contributed by atoms with E-state index in [4.69, 9.17) is 53.9 Å². The van der Waals surface area contributed by atoms with Gasteiger partial charge in [-0.2, -0.15) is 29.0 Å². The molecule has 0 aliphatic carbocycles. The SMILES string of the molecule is N#Cc1ccc(NCCNc2nc(-c3cc(Cl)cc(Cl)c3)nc3ccccc23)nc1.N#Cc1ccc(NCCNc2nc(-c3ccc(C(F)(F)F)cc3)nc3ccccc23)nc1.N#Cc1ccc(NCCNc2nc(-c3cccc4ccccc34)nc3ccccc23)nc1. The molecule has 94 heavy (non-hydrogen) atoms. The van der Waals surface area contributed by atoms with Crippen LogP contribution in [0.2, 0.25) is 10.0 Å². The maximum Gasteiger partial charge on any atom is 0.416 e. The Labute approximate surface area is 547 Å². The molecule has 0 spiro atoms. The number of nitriles is 3. The van der Waals surface area contributed by atoms with Crippen LogP contribution in [0.5, 0.6) is 0 Å². The molecule has 6 aromatic heterocycles. The number of nitrogens with zero attached hydrogens (tertiary/aromatic N) is 12. The van der Waals surface area contributed by atoms with E-state index in [-0.39, 0.29) is 0 Å². The van der Waals surface area contributed by atoms with Crippen molar-refractivity contribution in [2.75, 3.05) is 71.2 Å². The number of hydrogen-bond donors (Lipinski definition) is 6. The number of aromatic nitrogens is 9. The molecule has 0 saturated carbocycles. The molecule has 0 fully saturated rings. The maximum atomic E-state index is 12.9. The number of benzene rings is 7. The topological polar surface area (TPSA) is 260 Å². The average Bonchev–Trinajstić information content (AvgIpc) is 0.815. The number of hydrogen-bond acceptors (Lipinski definition) is 18. The molecule has 0 saturated heterocycles. The normalized spacial score (nSPS) is 10.8. The molecule has 462 valence electrons. The van der Waals surface area contributed by atoms with Crippen LogP contribution in [0.25, 0.3) is 77.6 Å². The van der Waals surface area contributed by atoms with E-state index >= 15 is 0 Å². The number of nitrogens with one attached hydrogen (secondary N) is 6. The molecule has 0 aliphatic rings. The molecule has 13 aromatic rings. The summed E-state index contributed by atoms with van der Waals surface area (Å²) in [6.07, 6.45) is 0.191. The lowest BCUT2D eigenvalue weighted by molar-refractivity contribution is -0.137. The van der Waals surface area contributed by atoms with Gasteiger partial charge in [-0.15, -0.1) is 0 Å². The molecule has 0 aliphatic heterocycles. The Bertz CT molecular complexity index is 4900. The summed E-state index contributed by atoms with van der Waals surface area (Å²) in [7, 11) is 0. The van der Waals surface area contributed by atoms with Crippen molar-refractivity contribution in [2.24, 2.45) is 0 Å². The Balaban J connectivity index is 0.000000144. The van der Waals surface area contributed by atoms with E-state index in [9.17, 15) is 13.2 Å². The summed E-state index contributed by atoms with van der Waals surface area (Å²) in [5.74, 6) is 5.76. The first kappa shape index (κ1) is 63.5. The molecule has 0 radical (unpaired) electrons.